The molecule has 9 nitrogen and oxygen atoms in total. The van der Waals surface area contributed by atoms with Crippen molar-refractivity contribution in [2.45, 2.75) is 40.7 Å². The summed E-state index contributed by atoms with van der Waals surface area (Å²) in [5.41, 5.74) is 1.07. The van der Waals surface area contributed by atoms with E-state index in [0.717, 1.165) is 16.5 Å². The minimum absolute atomic E-state index is 0.0658. The molecule has 0 bridgehead atoms. The molecular formula is C24H26N2O7. The summed E-state index contributed by atoms with van der Waals surface area (Å²) in [7, 11) is 0. The van der Waals surface area contributed by atoms with Gasteiger partial charge in [-0.05, 0) is 39.3 Å². The molecule has 3 rings (SSSR count). The van der Waals surface area contributed by atoms with Gasteiger partial charge in [0.15, 0.2) is 0 Å². The fourth-order valence-corrected chi connectivity index (χ4v) is 3.61. The number of hydrogen-bond acceptors (Lipinski definition) is 7. The van der Waals surface area contributed by atoms with Crippen LogP contribution in [0.1, 0.15) is 52.3 Å². The lowest BCUT2D eigenvalue weighted by atomic mass is 10.1. The van der Waals surface area contributed by atoms with E-state index in [2.05, 4.69) is 5.32 Å². The van der Waals surface area contributed by atoms with Gasteiger partial charge in [-0.25, -0.2) is 9.59 Å². The summed E-state index contributed by atoms with van der Waals surface area (Å²) < 4.78 is 17.1. The lowest BCUT2D eigenvalue weighted by molar-refractivity contribution is -0.116. The number of pyridine rings is 1. The van der Waals surface area contributed by atoms with Crippen molar-refractivity contribution in [3.8, 4) is 0 Å². The number of nitrogens with zero attached hydrogens (tertiary/aromatic N) is 1. The molecule has 1 N–H and O–H groups in total. The van der Waals surface area contributed by atoms with Crippen LogP contribution in [0.25, 0.3) is 10.9 Å². The van der Waals surface area contributed by atoms with Crippen LogP contribution in [0.2, 0.25) is 0 Å². The molecule has 0 aliphatic heterocycles. The van der Waals surface area contributed by atoms with Crippen LogP contribution in [-0.2, 0) is 20.8 Å². The number of aromatic nitrogens is 1. The summed E-state index contributed by atoms with van der Waals surface area (Å²) in [6.45, 7) is 6.90. The van der Waals surface area contributed by atoms with Crippen LogP contribution in [0.3, 0.4) is 0 Å². The second-order valence-corrected chi connectivity index (χ2v) is 7.31. The first kappa shape index (κ1) is 23.8. The van der Waals surface area contributed by atoms with Gasteiger partial charge in [0.05, 0.1) is 18.7 Å². The maximum atomic E-state index is 12.7. The third kappa shape index (κ3) is 4.97. The van der Waals surface area contributed by atoms with E-state index in [9.17, 15) is 19.2 Å². The summed E-state index contributed by atoms with van der Waals surface area (Å²) in [4.78, 5) is 50.1. The van der Waals surface area contributed by atoms with E-state index in [-0.39, 0.29) is 54.5 Å². The Morgan fingerprint density at radius 3 is 2.30 bits per heavy atom. The maximum absolute atomic E-state index is 12.7. The molecule has 0 aliphatic rings. The summed E-state index contributed by atoms with van der Waals surface area (Å²) in [6, 6.07) is 8.97. The number of anilines is 1. The highest BCUT2D eigenvalue weighted by Crippen LogP contribution is 2.29. The number of benzene rings is 1. The fourth-order valence-electron chi connectivity index (χ4n) is 3.61. The standard InChI is InChI=1S/C24H26N2O7/c1-5-31-23(29)20-15(4)33-22(21(20)24(30)32-6-2)25-18(27)11-12-26-17-10-8-7-9-16(17)14(3)13-19(26)28/h7-10,13H,5-6,11-12H2,1-4H3,(H,25,27). The molecule has 1 amide bonds. The third-order valence-electron chi connectivity index (χ3n) is 5.08. The number of carbonyl (C=O) groups excluding carboxylic acids is 3. The van der Waals surface area contributed by atoms with Crippen LogP contribution in [-0.4, -0.2) is 35.6 Å². The molecule has 0 saturated heterocycles. The molecule has 3 aromatic rings. The zero-order valence-corrected chi connectivity index (χ0v) is 19.0. The van der Waals surface area contributed by atoms with Crippen molar-refractivity contribution in [3.63, 3.8) is 0 Å². The molecule has 0 spiro atoms. The van der Waals surface area contributed by atoms with E-state index in [0.29, 0.717) is 0 Å². The van der Waals surface area contributed by atoms with Crippen molar-refractivity contribution in [2.75, 3.05) is 18.5 Å². The maximum Gasteiger partial charge on any atom is 0.344 e. The molecular weight excluding hydrogens is 428 g/mol. The predicted molar refractivity (Wildman–Crippen MR) is 122 cm³/mol. The molecule has 0 radical (unpaired) electrons. The van der Waals surface area contributed by atoms with Crippen molar-refractivity contribution in [1.82, 2.24) is 4.57 Å². The normalized spacial score (nSPS) is 10.8. The van der Waals surface area contributed by atoms with Crippen LogP contribution < -0.4 is 10.9 Å². The zero-order valence-electron chi connectivity index (χ0n) is 19.0. The number of amides is 1. The Labute approximate surface area is 190 Å². The number of hydrogen-bond donors (Lipinski definition) is 1. The van der Waals surface area contributed by atoms with E-state index < -0.39 is 17.8 Å². The topological polar surface area (TPSA) is 117 Å². The van der Waals surface area contributed by atoms with Gasteiger partial charge in [0.2, 0.25) is 11.8 Å². The fraction of sp³-hybridized carbons (Fsp3) is 0.333. The van der Waals surface area contributed by atoms with E-state index in [1.807, 2.05) is 31.2 Å². The molecule has 33 heavy (non-hydrogen) atoms. The van der Waals surface area contributed by atoms with Gasteiger partial charge in [0, 0.05) is 24.4 Å². The van der Waals surface area contributed by atoms with Gasteiger partial charge in [-0.1, -0.05) is 18.2 Å². The van der Waals surface area contributed by atoms with Crippen molar-refractivity contribution in [2.24, 2.45) is 0 Å². The highest BCUT2D eigenvalue weighted by molar-refractivity contribution is 6.09. The van der Waals surface area contributed by atoms with Gasteiger partial charge in [-0.3, -0.25) is 14.9 Å². The number of ether oxygens (including phenoxy) is 2. The minimum Gasteiger partial charge on any atom is -0.462 e. The first-order chi connectivity index (χ1) is 15.8. The third-order valence-corrected chi connectivity index (χ3v) is 5.08. The molecule has 9 heteroatoms. The number of carbonyl (C=O) groups is 3. The summed E-state index contributed by atoms with van der Waals surface area (Å²) in [5, 5.41) is 3.45. The average molecular weight is 454 g/mol. The monoisotopic (exact) mass is 454 g/mol. The van der Waals surface area contributed by atoms with Gasteiger partial charge in [0.25, 0.3) is 5.56 Å². The quantitative estimate of drug-likeness (QED) is 0.517. The largest absolute Gasteiger partial charge is 0.462 e. The molecule has 0 saturated carbocycles. The Morgan fingerprint density at radius 2 is 1.64 bits per heavy atom. The number of rotatable bonds is 8. The number of nitrogens with one attached hydrogen (secondary N) is 1. The Bertz CT molecular complexity index is 1270. The van der Waals surface area contributed by atoms with Crippen molar-refractivity contribution >= 4 is 34.6 Å². The van der Waals surface area contributed by atoms with Gasteiger partial charge >= 0.3 is 11.9 Å². The summed E-state index contributed by atoms with van der Waals surface area (Å²) >= 11 is 0. The van der Waals surface area contributed by atoms with Crippen LogP contribution in [0, 0.1) is 13.8 Å². The van der Waals surface area contributed by atoms with Crippen LogP contribution in [0.5, 0.6) is 0 Å². The Morgan fingerprint density at radius 1 is 1.00 bits per heavy atom. The Balaban J connectivity index is 1.86. The van der Waals surface area contributed by atoms with E-state index >= 15 is 0 Å². The summed E-state index contributed by atoms with van der Waals surface area (Å²) in [6.07, 6.45) is -0.0658. The highest BCUT2D eigenvalue weighted by Gasteiger charge is 2.31. The highest BCUT2D eigenvalue weighted by atomic mass is 16.5. The second-order valence-electron chi connectivity index (χ2n) is 7.31. The number of para-hydroxylation sites is 1. The van der Waals surface area contributed by atoms with Gasteiger partial charge < -0.3 is 18.5 Å². The lowest BCUT2D eigenvalue weighted by Gasteiger charge is -2.12. The van der Waals surface area contributed by atoms with Crippen LogP contribution in [0.15, 0.2) is 39.5 Å². The van der Waals surface area contributed by atoms with Crippen molar-refractivity contribution in [1.29, 1.82) is 0 Å². The number of furan rings is 1. The molecule has 0 atom stereocenters. The van der Waals surface area contributed by atoms with Crippen LogP contribution >= 0.6 is 0 Å². The predicted octanol–water partition coefficient (Wildman–Crippen LogP) is 3.59. The molecule has 174 valence electrons. The van der Waals surface area contributed by atoms with Gasteiger partial charge in [-0.2, -0.15) is 0 Å². The molecule has 2 aromatic heterocycles. The van der Waals surface area contributed by atoms with Crippen molar-refractivity contribution < 1.29 is 28.3 Å². The zero-order chi connectivity index (χ0) is 24.1. The first-order valence-electron chi connectivity index (χ1n) is 10.6. The lowest BCUT2D eigenvalue weighted by Crippen LogP contribution is -2.24. The Kier molecular flexibility index (Phi) is 7.32. The smallest absolute Gasteiger partial charge is 0.344 e. The minimum atomic E-state index is -0.812. The molecule has 0 aliphatic carbocycles. The van der Waals surface area contributed by atoms with Crippen LogP contribution in [0.4, 0.5) is 5.88 Å². The molecule has 1 aromatic carbocycles. The van der Waals surface area contributed by atoms with E-state index in [1.165, 1.54) is 17.6 Å². The van der Waals surface area contributed by atoms with Crippen molar-refractivity contribution in [3.05, 3.63) is 63.1 Å². The van der Waals surface area contributed by atoms with Gasteiger partial charge in [0.1, 0.15) is 16.9 Å². The molecule has 0 unspecified atom stereocenters. The number of aryl methyl sites for hydroxylation is 3. The average Bonchev–Trinajstić information content (AvgIpc) is 3.09. The number of esters is 2. The molecule has 2 heterocycles. The first-order valence-corrected chi connectivity index (χ1v) is 10.6. The van der Waals surface area contributed by atoms with E-state index in [4.69, 9.17) is 13.9 Å². The van der Waals surface area contributed by atoms with E-state index in [1.54, 1.807) is 13.8 Å². The molecule has 0 fully saturated rings. The summed E-state index contributed by atoms with van der Waals surface area (Å²) in [5.74, 6) is -2.14. The Hall–Kier alpha value is -3.88. The van der Waals surface area contributed by atoms with Gasteiger partial charge in [-0.15, -0.1) is 0 Å². The SMILES string of the molecule is CCOC(=O)c1c(C)oc(NC(=O)CCn2c(=O)cc(C)c3ccccc32)c1C(=O)OCC. The number of fused-ring (bicyclic) bond motifs is 1. The second kappa shape index (κ2) is 10.2.